The molecule has 3 rings (SSSR count). The molecule has 0 aliphatic carbocycles. The average Bonchev–Trinajstić information content (AvgIpc) is 2.81. The largest absolute Gasteiger partial charge is 0.491 e. The smallest absolute Gasteiger partial charge is 0.303 e. The first-order valence-electron chi connectivity index (χ1n) is 11.1. The second-order valence-electron chi connectivity index (χ2n) is 8.16. The van der Waals surface area contributed by atoms with Gasteiger partial charge in [-0.1, -0.05) is 62.9 Å². The number of hydrogen-bond acceptors (Lipinski definition) is 5. The molecular weight excluding hydrogens is 414 g/mol. The van der Waals surface area contributed by atoms with Crippen molar-refractivity contribution in [3.05, 3.63) is 90.1 Å². The van der Waals surface area contributed by atoms with Gasteiger partial charge in [0.1, 0.15) is 18.5 Å². The van der Waals surface area contributed by atoms with Gasteiger partial charge in [0.15, 0.2) is 0 Å². The third kappa shape index (κ3) is 6.30. The van der Waals surface area contributed by atoms with E-state index in [-0.39, 0.29) is 25.1 Å². The highest BCUT2D eigenvalue weighted by Crippen LogP contribution is 2.34. The number of aliphatic hydroxyl groups is 1. The third-order valence-corrected chi connectivity index (χ3v) is 5.40. The van der Waals surface area contributed by atoms with Gasteiger partial charge in [-0.25, -0.2) is 0 Å². The van der Waals surface area contributed by atoms with Crippen LogP contribution in [0.3, 0.4) is 0 Å². The van der Waals surface area contributed by atoms with Crippen molar-refractivity contribution in [1.29, 1.82) is 0 Å². The van der Waals surface area contributed by atoms with Crippen molar-refractivity contribution < 1.29 is 19.4 Å². The summed E-state index contributed by atoms with van der Waals surface area (Å²) in [5, 5.41) is 10.2. The molecule has 2 aromatic carbocycles. The summed E-state index contributed by atoms with van der Waals surface area (Å²) in [6.45, 7) is 10.00. The molecule has 0 amide bonds. The topological polar surface area (TPSA) is 68.7 Å². The number of hydrogen-bond donors (Lipinski definition) is 1. The van der Waals surface area contributed by atoms with Crippen LogP contribution in [0.2, 0.25) is 0 Å². The number of fused-ring (bicyclic) bond motifs is 1. The summed E-state index contributed by atoms with van der Waals surface area (Å²) in [7, 11) is 0. The van der Waals surface area contributed by atoms with E-state index < -0.39 is 6.10 Å². The van der Waals surface area contributed by atoms with Crippen molar-refractivity contribution in [1.82, 2.24) is 4.98 Å². The normalized spacial score (nSPS) is 12.6. The lowest BCUT2D eigenvalue weighted by Crippen LogP contribution is -2.11. The van der Waals surface area contributed by atoms with E-state index in [1.165, 1.54) is 6.92 Å². The highest BCUT2D eigenvalue weighted by molar-refractivity contribution is 5.86. The Labute approximate surface area is 195 Å². The lowest BCUT2D eigenvalue weighted by Gasteiger charge is -2.21. The van der Waals surface area contributed by atoms with Gasteiger partial charge in [0.05, 0.1) is 12.1 Å². The summed E-state index contributed by atoms with van der Waals surface area (Å²) in [5.41, 5.74) is 4.62. The first-order valence-corrected chi connectivity index (χ1v) is 11.1. The molecule has 0 spiro atoms. The van der Waals surface area contributed by atoms with Gasteiger partial charge in [0, 0.05) is 36.1 Å². The molecular formula is C28H31NO4. The zero-order valence-electron chi connectivity index (χ0n) is 19.5. The van der Waals surface area contributed by atoms with Crippen LogP contribution in [0.4, 0.5) is 0 Å². The third-order valence-electron chi connectivity index (χ3n) is 5.40. The highest BCUT2D eigenvalue weighted by Gasteiger charge is 2.20. The zero-order chi connectivity index (χ0) is 23.8. The quantitative estimate of drug-likeness (QED) is 0.311. The van der Waals surface area contributed by atoms with Gasteiger partial charge >= 0.3 is 5.97 Å². The number of ether oxygens (including phenoxy) is 2. The molecule has 5 nitrogen and oxygen atoms in total. The van der Waals surface area contributed by atoms with Crippen LogP contribution in [-0.2, 0) is 9.53 Å². The van der Waals surface area contributed by atoms with E-state index in [9.17, 15) is 4.79 Å². The van der Waals surface area contributed by atoms with Crippen molar-refractivity contribution >= 4 is 22.4 Å². The van der Waals surface area contributed by atoms with Crippen molar-refractivity contribution in [3.63, 3.8) is 0 Å². The van der Waals surface area contributed by atoms with Gasteiger partial charge in [0.2, 0.25) is 0 Å². The molecule has 0 unspecified atom stereocenters. The van der Waals surface area contributed by atoms with Crippen LogP contribution in [-0.4, -0.2) is 29.3 Å². The lowest BCUT2D eigenvalue weighted by molar-refractivity contribution is -0.146. The van der Waals surface area contributed by atoms with Crippen molar-refractivity contribution in [2.45, 2.75) is 33.3 Å². The van der Waals surface area contributed by atoms with Crippen LogP contribution in [0.1, 0.15) is 44.4 Å². The van der Waals surface area contributed by atoms with Crippen LogP contribution in [0.15, 0.2) is 79.0 Å². The van der Waals surface area contributed by atoms with Gasteiger partial charge in [0.25, 0.3) is 0 Å². The number of aromatic nitrogens is 1. The molecule has 0 radical (unpaired) electrons. The molecule has 33 heavy (non-hydrogen) atoms. The van der Waals surface area contributed by atoms with Crippen molar-refractivity contribution in [3.8, 4) is 5.75 Å². The number of benzene rings is 2. The zero-order valence-corrected chi connectivity index (χ0v) is 19.5. The number of pyridine rings is 1. The number of aliphatic hydroxyl groups excluding tert-OH is 1. The predicted octanol–water partition coefficient (Wildman–Crippen LogP) is 5.90. The Morgan fingerprint density at radius 3 is 2.61 bits per heavy atom. The van der Waals surface area contributed by atoms with Gasteiger partial charge in [-0.05, 0) is 35.3 Å². The molecule has 0 aliphatic heterocycles. The minimum absolute atomic E-state index is 0.0974. The van der Waals surface area contributed by atoms with E-state index in [4.69, 9.17) is 14.6 Å². The Morgan fingerprint density at radius 1 is 1.15 bits per heavy atom. The Balaban J connectivity index is 2.01. The minimum Gasteiger partial charge on any atom is -0.491 e. The summed E-state index contributed by atoms with van der Waals surface area (Å²) in [4.78, 5) is 16.5. The van der Waals surface area contributed by atoms with E-state index in [1.807, 2.05) is 54.7 Å². The fraction of sp³-hybridized carbons (Fsp3) is 0.286. The van der Waals surface area contributed by atoms with Crippen LogP contribution in [0.5, 0.6) is 5.75 Å². The summed E-state index contributed by atoms with van der Waals surface area (Å²) in [6, 6.07) is 17.5. The highest BCUT2D eigenvalue weighted by atomic mass is 16.5. The molecule has 0 bridgehead atoms. The molecule has 172 valence electrons. The number of para-hydroxylation sites is 2. The Bertz CT molecular complexity index is 1150. The molecule has 1 atom stereocenters. The fourth-order valence-electron chi connectivity index (χ4n) is 3.66. The van der Waals surface area contributed by atoms with E-state index >= 15 is 0 Å². The number of allylic oxidation sites excluding steroid dienone is 2. The maximum Gasteiger partial charge on any atom is 0.303 e. The first kappa shape index (κ1) is 24.2. The molecule has 0 fully saturated rings. The van der Waals surface area contributed by atoms with Crippen LogP contribution in [0, 0.1) is 5.92 Å². The van der Waals surface area contributed by atoms with Gasteiger partial charge < -0.3 is 14.6 Å². The summed E-state index contributed by atoms with van der Waals surface area (Å²) in [6.07, 6.45) is 3.82. The summed E-state index contributed by atoms with van der Waals surface area (Å²) in [5.74, 6) is 0.444. The van der Waals surface area contributed by atoms with Gasteiger partial charge in [-0.2, -0.15) is 0 Å². The monoisotopic (exact) mass is 445 g/mol. The maximum atomic E-state index is 11.9. The van der Waals surface area contributed by atoms with Crippen LogP contribution in [0.25, 0.3) is 16.5 Å². The second kappa shape index (κ2) is 11.4. The van der Waals surface area contributed by atoms with Crippen molar-refractivity contribution in [2.24, 2.45) is 5.92 Å². The number of rotatable bonds is 10. The van der Waals surface area contributed by atoms with E-state index in [0.717, 1.165) is 33.2 Å². The van der Waals surface area contributed by atoms with E-state index in [1.54, 1.807) is 0 Å². The predicted molar refractivity (Wildman–Crippen MR) is 132 cm³/mol. The molecule has 5 heteroatoms. The number of esters is 1. The summed E-state index contributed by atoms with van der Waals surface area (Å²) < 4.78 is 11.4. The Morgan fingerprint density at radius 2 is 1.88 bits per heavy atom. The molecule has 0 saturated heterocycles. The van der Waals surface area contributed by atoms with Gasteiger partial charge in [-0.15, -0.1) is 0 Å². The molecule has 1 aromatic heterocycles. The molecule has 1 heterocycles. The SMILES string of the molecule is C=C(/C(=C/C[C@H](OC(C)=O)c1ccccc1OCCO)c1cnc2ccccc2c1)C(C)C. The first-order chi connectivity index (χ1) is 15.9. The molecule has 0 aliphatic rings. The van der Waals surface area contributed by atoms with Crippen molar-refractivity contribution in [2.75, 3.05) is 13.2 Å². The lowest BCUT2D eigenvalue weighted by atomic mass is 9.90. The minimum atomic E-state index is -0.541. The average molecular weight is 446 g/mol. The molecule has 3 aromatic rings. The van der Waals surface area contributed by atoms with E-state index in [0.29, 0.717) is 12.2 Å². The number of carbonyl (C=O) groups excluding carboxylic acids is 1. The summed E-state index contributed by atoms with van der Waals surface area (Å²) >= 11 is 0. The van der Waals surface area contributed by atoms with Gasteiger partial charge in [-0.3, -0.25) is 9.78 Å². The number of nitrogens with zero attached hydrogens (tertiary/aromatic N) is 1. The fourth-order valence-corrected chi connectivity index (χ4v) is 3.66. The maximum absolute atomic E-state index is 11.9. The number of carbonyl (C=O) groups is 1. The molecule has 0 saturated carbocycles. The second-order valence-corrected chi connectivity index (χ2v) is 8.16. The Kier molecular flexibility index (Phi) is 8.39. The standard InChI is InChI=1S/C28H31NO4/c1-19(2)20(3)24(23-17-22-9-5-7-11-26(22)29-18-23)13-14-28(33-21(4)31)25-10-6-8-12-27(25)32-16-15-30/h5-13,17-19,28,30H,3,14-16H2,1-2,4H3/b24-13-/t28-/m0/s1. The molecule has 1 N–H and O–H groups in total. The van der Waals surface area contributed by atoms with E-state index in [2.05, 4.69) is 37.6 Å². The Hall–Kier alpha value is -3.44. The van der Waals surface area contributed by atoms with Crippen LogP contribution < -0.4 is 4.74 Å². The van der Waals surface area contributed by atoms with Crippen LogP contribution >= 0.6 is 0 Å².